The first-order valence-corrected chi connectivity index (χ1v) is 7.46. The molecule has 0 spiro atoms. The Hall–Kier alpha value is -0.200. The molecule has 102 valence electrons. The molecule has 0 bridgehead atoms. The average molecular weight is 252 g/mol. The zero-order chi connectivity index (χ0) is 12.2. The van der Waals surface area contributed by atoms with Crippen molar-refractivity contribution in [3.63, 3.8) is 0 Å². The van der Waals surface area contributed by atoms with Crippen molar-refractivity contribution in [2.45, 2.75) is 37.2 Å². The van der Waals surface area contributed by atoms with Crippen molar-refractivity contribution in [3.05, 3.63) is 0 Å². The van der Waals surface area contributed by atoms with Crippen molar-refractivity contribution in [1.82, 2.24) is 20.0 Å². The van der Waals surface area contributed by atoms with Crippen LogP contribution in [-0.4, -0.2) is 77.1 Å². The summed E-state index contributed by atoms with van der Waals surface area (Å²) in [6.07, 6.45) is 5.15. The Kier molecular flexibility index (Phi) is 2.51. The lowest BCUT2D eigenvalue weighted by Crippen LogP contribution is -2.77. The molecule has 0 radical (unpaired) electrons. The smallest absolute Gasteiger partial charge is 0.144 e. The molecule has 4 heterocycles. The van der Waals surface area contributed by atoms with E-state index in [0.717, 1.165) is 32.7 Å². The van der Waals surface area contributed by atoms with E-state index in [0.29, 0.717) is 0 Å². The van der Waals surface area contributed by atoms with Gasteiger partial charge < -0.3 is 5.11 Å². The SMILES string of the molecule is OC1(N2CCCCC2)CN(C2(N3CCC3)CN2)C1. The van der Waals surface area contributed by atoms with Crippen LogP contribution < -0.4 is 5.32 Å². The van der Waals surface area contributed by atoms with Crippen LogP contribution in [0, 0.1) is 0 Å². The van der Waals surface area contributed by atoms with Gasteiger partial charge in [-0.1, -0.05) is 6.42 Å². The number of rotatable bonds is 3. The number of hydrogen-bond acceptors (Lipinski definition) is 5. The monoisotopic (exact) mass is 252 g/mol. The van der Waals surface area contributed by atoms with E-state index in [1.165, 1.54) is 38.8 Å². The van der Waals surface area contributed by atoms with E-state index in [1.807, 2.05) is 0 Å². The lowest BCUT2D eigenvalue weighted by Gasteiger charge is -2.58. The third kappa shape index (κ3) is 1.58. The van der Waals surface area contributed by atoms with E-state index < -0.39 is 5.72 Å². The number of aliphatic hydroxyl groups is 1. The first-order valence-electron chi connectivity index (χ1n) is 7.46. The van der Waals surface area contributed by atoms with Crippen LogP contribution in [0.4, 0.5) is 0 Å². The van der Waals surface area contributed by atoms with Crippen LogP contribution >= 0.6 is 0 Å². The average Bonchev–Trinajstić information content (AvgIpc) is 3.05. The molecule has 5 heteroatoms. The van der Waals surface area contributed by atoms with Gasteiger partial charge in [-0.05, 0) is 19.3 Å². The van der Waals surface area contributed by atoms with E-state index in [2.05, 4.69) is 20.0 Å². The lowest BCUT2D eigenvalue weighted by molar-refractivity contribution is -0.237. The second kappa shape index (κ2) is 3.90. The summed E-state index contributed by atoms with van der Waals surface area (Å²) in [5.41, 5.74) is -0.539. The molecule has 0 aromatic carbocycles. The van der Waals surface area contributed by atoms with E-state index >= 15 is 0 Å². The molecule has 5 nitrogen and oxygen atoms in total. The van der Waals surface area contributed by atoms with Gasteiger partial charge in [-0.2, -0.15) is 0 Å². The number of piperidine rings is 1. The van der Waals surface area contributed by atoms with Crippen LogP contribution in [0.1, 0.15) is 25.7 Å². The summed E-state index contributed by atoms with van der Waals surface area (Å²) in [6.45, 7) is 7.29. The summed E-state index contributed by atoms with van der Waals surface area (Å²) in [4.78, 5) is 7.25. The predicted molar refractivity (Wildman–Crippen MR) is 68.9 cm³/mol. The van der Waals surface area contributed by atoms with Gasteiger partial charge in [-0.3, -0.25) is 20.0 Å². The van der Waals surface area contributed by atoms with Crippen LogP contribution in [0.25, 0.3) is 0 Å². The van der Waals surface area contributed by atoms with Crippen LogP contribution in [-0.2, 0) is 0 Å². The third-order valence-corrected chi connectivity index (χ3v) is 5.23. The molecule has 4 aliphatic heterocycles. The molecule has 1 atom stereocenters. The largest absolute Gasteiger partial charge is 0.373 e. The van der Waals surface area contributed by atoms with Gasteiger partial charge in [0, 0.05) is 45.8 Å². The number of likely N-dealkylation sites (tertiary alicyclic amines) is 3. The summed E-state index contributed by atoms with van der Waals surface area (Å²) in [5, 5.41) is 14.2. The molecule has 4 saturated heterocycles. The Balaban J connectivity index is 1.38. The maximum Gasteiger partial charge on any atom is 0.144 e. The Morgan fingerprint density at radius 3 is 1.89 bits per heavy atom. The van der Waals surface area contributed by atoms with Crippen molar-refractivity contribution in [3.8, 4) is 0 Å². The summed E-state index contributed by atoms with van der Waals surface area (Å²) < 4.78 is 0. The molecule has 0 aromatic heterocycles. The van der Waals surface area contributed by atoms with Crippen LogP contribution in [0.3, 0.4) is 0 Å². The highest BCUT2D eigenvalue weighted by Crippen LogP contribution is 2.39. The highest BCUT2D eigenvalue weighted by Gasteiger charge is 2.62. The molecular weight excluding hydrogens is 228 g/mol. The Labute approximate surface area is 109 Å². The van der Waals surface area contributed by atoms with Crippen molar-refractivity contribution >= 4 is 0 Å². The standard InChI is InChI=1S/C13H24N4O/c18-12(15-5-2-1-3-6-15)10-17(11-12)13(9-14-13)16-7-4-8-16/h14,18H,1-11H2. The third-order valence-electron chi connectivity index (χ3n) is 5.23. The topological polar surface area (TPSA) is 51.9 Å². The summed E-state index contributed by atoms with van der Waals surface area (Å²) in [7, 11) is 0. The Morgan fingerprint density at radius 2 is 1.39 bits per heavy atom. The zero-order valence-electron chi connectivity index (χ0n) is 11.1. The summed E-state index contributed by atoms with van der Waals surface area (Å²) in [5.74, 6) is 0.125. The molecule has 2 N–H and O–H groups in total. The number of hydrogen-bond donors (Lipinski definition) is 2. The molecule has 0 aromatic rings. The second-order valence-electron chi connectivity index (χ2n) is 6.40. The van der Waals surface area contributed by atoms with Gasteiger partial charge in [0.25, 0.3) is 0 Å². The van der Waals surface area contributed by atoms with Gasteiger partial charge in [-0.15, -0.1) is 0 Å². The quantitative estimate of drug-likeness (QED) is 0.660. The summed E-state index contributed by atoms with van der Waals surface area (Å²) >= 11 is 0. The Morgan fingerprint density at radius 1 is 0.778 bits per heavy atom. The van der Waals surface area contributed by atoms with E-state index in [-0.39, 0.29) is 5.79 Å². The molecule has 0 amide bonds. The van der Waals surface area contributed by atoms with Crippen LogP contribution in [0.15, 0.2) is 0 Å². The molecule has 4 aliphatic rings. The van der Waals surface area contributed by atoms with Crippen LogP contribution in [0.2, 0.25) is 0 Å². The highest BCUT2D eigenvalue weighted by atomic mass is 16.3. The number of nitrogens with zero attached hydrogens (tertiary/aromatic N) is 3. The fourth-order valence-corrected chi connectivity index (χ4v) is 3.75. The molecule has 1 unspecified atom stereocenters. The first kappa shape index (κ1) is 11.6. The van der Waals surface area contributed by atoms with Crippen LogP contribution in [0.5, 0.6) is 0 Å². The molecule has 4 rings (SSSR count). The van der Waals surface area contributed by atoms with Gasteiger partial charge >= 0.3 is 0 Å². The van der Waals surface area contributed by atoms with Crippen molar-refractivity contribution in [2.75, 3.05) is 45.8 Å². The minimum absolute atomic E-state index is 0.125. The van der Waals surface area contributed by atoms with Crippen molar-refractivity contribution in [2.24, 2.45) is 0 Å². The molecule has 0 aliphatic carbocycles. The predicted octanol–water partition coefficient (Wildman–Crippen LogP) is -0.561. The molecule has 0 saturated carbocycles. The van der Waals surface area contributed by atoms with Gasteiger partial charge in [0.05, 0.1) is 0 Å². The molecular formula is C13H24N4O. The maximum absolute atomic E-state index is 10.7. The molecule has 4 fully saturated rings. The van der Waals surface area contributed by atoms with Gasteiger partial charge in [0.1, 0.15) is 11.5 Å². The van der Waals surface area contributed by atoms with Crippen molar-refractivity contribution < 1.29 is 5.11 Å². The zero-order valence-corrected chi connectivity index (χ0v) is 11.1. The van der Waals surface area contributed by atoms with Gasteiger partial charge in [0.15, 0.2) is 0 Å². The Bertz CT molecular complexity index is 328. The maximum atomic E-state index is 10.7. The minimum atomic E-state index is -0.539. The highest BCUT2D eigenvalue weighted by molar-refractivity contribution is 5.12. The summed E-state index contributed by atoms with van der Waals surface area (Å²) in [6, 6.07) is 0. The first-order chi connectivity index (χ1) is 8.73. The lowest BCUT2D eigenvalue weighted by atomic mass is 9.97. The van der Waals surface area contributed by atoms with E-state index in [4.69, 9.17) is 0 Å². The van der Waals surface area contributed by atoms with Gasteiger partial charge in [0.2, 0.25) is 0 Å². The van der Waals surface area contributed by atoms with E-state index in [9.17, 15) is 5.11 Å². The second-order valence-corrected chi connectivity index (χ2v) is 6.40. The van der Waals surface area contributed by atoms with Gasteiger partial charge in [-0.25, -0.2) is 0 Å². The number of nitrogens with one attached hydrogen (secondary N) is 1. The normalized spacial score (nSPS) is 41.2. The minimum Gasteiger partial charge on any atom is -0.373 e. The molecule has 18 heavy (non-hydrogen) atoms. The fourth-order valence-electron chi connectivity index (χ4n) is 3.75. The van der Waals surface area contributed by atoms with E-state index in [1.54, 1.807) is 0 Å². The number of β-amino-alcohol motifs (C(OH)–C–C–N with tert-alkyl or cyclic N) is 1. The fraction of sp³-hybridized carbons (Fsp3) is 1.00. The van der Waals surface area contributed by atoms with Crippen molar-refractivity contribution in [1.29, 1.82) is 0 Å².